The normalized spacial score (nSPS) is 18.0. The maximum Gasteiger partial charge on any atom is 0.222 e. The van der Waals surface area contributed by atoms with Crippen LogP contribution in [0.25, 0.3) is 0 Å². The van der Waals surface area contributed by atoms with Crippen LogP contribution in [0.5, 0.6) is 0 Å². The van der Waals surface area contributed by atoms with Crippen molar-refractivity contribution in [1.29, 1.82) is 0 Å². The van der Waals surface area contributed by atoms with E-state index in [2.05, 4.69) is 32.7 Å². The molecule has 1 aliphatic heterocycles. The first kappa shape index (κ1) is 18.3. The van der Waals surface area contributed by atoms with E-state index < -0.39 is 0 Å². The van der Waals surface area contributed by atoms with Gasteiger partial charge in [0.2, 0.25) is 5.91 Å². The molecule has 2 heterocycles. The molecule has 1 saturated heterocycles. The Kier molecular flexibility index (Phi) is 7.08. The van der Waals surface area contributed by atoms with Crippen LogP contribution < -0.4 is 10.6 Å². The minimum absolute atomic E-state index is 0.233. The SMILES string of the molecule is CCNC(=NCCCc1cn[nH]c1C)NC1CCN(C(=O)CC)C1. The smallest absolute Gasteiger partial charge is 0.222 e. The van der Waals surface area contributed by atoms with E-state index in [0.717, 1.165) is 57.1 Å². The molecular formula is C17H30N6O. The molecule has 1 atom stereocenters. The Hall–Kier alpha value is -2.05. The van der Waals surface area contributed by atoms with Crippen LogP contribution in [0.15, 0.2) is 11.2 Å². The fraction of sp³-hybridized carbons (Fsp3) is 0.706. The van der Waals surface area contributed by atoms with Gasteiger partial charge >= 0.3 is 0 Å². The summed E-state index contributed by atoms with van der Waals surface area (Å²) in [5.41, 5.74) is 2.39. The van der Waals surface area contributed by atoms with Crippen LogP contribution >= 0.6 is 0 Å². The lowest BCUT2D eigenvalue weighted by atomic mass is 10.1. The molecule has 1 fully saturated rings. The molecule has 0 radical (unpaired) electrons. The maximum atomic E-state index is 11.8. The molecule has 0 saturated carbocycles. The number of carbonyl (C=O) groups excluding carboxylic acids is 1. The lowest BCUT2D eigenvalue weighted by Gasteiger charge is -2.18. The summed E-state index contributed by atoms with van der Waals surface area (Å²) in [6.45, 7) is 9.22. The number of aliphatic imine (C=N–C) groups is 1. The molecule has 24 heavy (non-hydrogen) atoms. The number of aryl methyl sites for hydroxylation is 2. The predicted octanol–water partition coefficient (Wildman–Crippen LogP) is 1.22. The highest BCUT2D eigenvalue weighted by Gasteiger charge is 2.25. The Labute approximate surface area is 144 Å². The number of aromatic amines is 1. The van der Waals surface area contributed by atoms with E-state index in [1.165, 1.54) is 5.56 Å². The second-order valence-corrected chi connectivity index (χ2v) is 6.21. The quantitative estimate of drug-likeness (QED) is 0.398. The standard InChI is InChI=1S/C17H30N6O/c1-4-16(24)23-10-8-15(12-23)21-17(18-5-2)19-9-6-7-14-11-20-22-13(14)3/h11,15H,4-10,12H2,1-3H3,(H,20,22)(H2,18,19,21). The average Bonchev–Trinajstić information content (AvgIpc) is 3.20. The van der Waals surface area contributed by atoms with E-state index in [0.29, 0.717) is 6.42 Å². The van der Waals surface area contributed by atoms with Gasteiger partial charge in [0, 0.05) is 44.3 Å². The Morgan fingerprint density at radius 1 is 1.50 bits per heavy atom. The number of H-pyrrole nitrogens is 1. The third kappa shape index (κ3) is 5.25. The van der Waals surface area contributed by atoms with Crippen LogP contribution in [0.3, 0.4) is 0 Å². The van der Waals surface area contributed by atoms with Crippen LogP contribution in [0, 0.1) is 6.92 Å². The molecule has 0 aromatic carbocycles. The van der Waals surface area contributed by atoms with E-state index in [4.69, 9.17) is 0 Å². The summed E-state index contributed by atoms with van der Waals surface area (Å²) in [5, 5.41) is 13.8. The van der Waals surface area contributed by atoms with E-state index in [-0.39, 0.29) is 11.9 Å². The average molecular weight is 334 g/mol. The maximum absolute atomic E-state index is 11.8. The third-order valence-corrected chi connectivity index (χ3v) is 4.34. The van der Waals surface area contributed by atoms with Crippen molar-refractivity contribution < 1.29 is 4.79 Å². The van der Waals surface area contributed by atoms with Gasteiger partial charge in [-0.05, 0) is 38.7 Å². The number of aromatic nitrogens is 2. The number of amides is 1. The minimum atomic E-state index is 0.233. The van der Waals surface area contributed by atoms with Gasteiger partial charge in [0.05, 0.1) is 6.20 Å². The van der Waals surface area contributed by atoms with Gasteiger partial charge in [-0.25, -0.2) is 0 Å². The zero-order valence-electron chi connectivity index (χ0n) is 15.1. The highest BCUT2D eigenvalue weighted by molar-refractivity contribution is 5.80. The summed E-state index contributed by atoms with van der Waals surface area (Å²) in [4.78, 5) is 18.4. The molecule has 7 heteroatoms. The number of hydrogen-bond acceptors (Lipinski definition) is 3. The van der Waals surface area contributed by atoms with Crippen molar-refractivity contribution in [3.8, 4) is 0 Å². The van der Waals surface area contributed by atoms with Crippen molar-refractivity contribution in [3.63, 3.8) is 0 Å². The fourth-order valence-corrected chi connectivity index (χ4v) is 2.93. The molecule has 0 bridgehead atoms. The van der Waals surface area contributed by atoms with Gasteiger partial charge in [0.25, 0.3) is 0 Å². The highest BCUT2D eigenvalue weighted by atomic mass is 16.2. The van der Waals surface area contributed by atoms with Gasteiger partial charge in [0.15, 0.2) is 5.96 Å². The first-order chi connectivity index (χ1) is 11.6. The molecule has 1 aromatic rings. The van der Waals surface area contributed by atoms with E-state index in [9.17, 15) is 4.79 Å². The lowest BCUT2D eigenvalue weighted by molar-refractivity contribution is -0.129. The van der Waals surface area contributed by atoms with E-state index in [1.54, 1.807) is 0 Å². The zero-order valence-corrected chi connectivity index (χ0v) is 15.1. The van der Waals surface area contributed by atoms with E-state index in [1.807, 2.05) is 24.9 Å². The van der Waals surface area contributed by atoms with Gasteiger partial charge in [-0.15, -0.1) is 0 Å². The minimum Gasteiger partial charge on any atom is -0.357 e. The Balaban J connectivity index is 1.78. The Bertz CT molecular complexity index is 553. The molecule has 0 aliphatic carbocycles. The summed E-state index contributed by atoms with van der Waals surface area (Å²) in [6.07, 6.45) is 5.41. The number of guanidine groups is 1. The molecule has 7 nitrogen and oxygen atoms in total. The summed E-state index contributed by atoms with van der Waals surface area (Å²) >= 11 is 0. The van der Waals surface area contributed by atoms with Gasteiger partial charge in [-0.2, -0.15) is 5.10 Å². The van der Waals surface area contributed by atoms with Crippen molar-refractivity contribution in [2.75, 3.05) is 26.2 Å². The molecule has 0 spiro atoms. The molecule has 1 unspecified atom stereocenters. The summed E-state index contributed by atoms with van der Waals surface area (Å²) in [7, 11) is 0. The van der Waals surface area contributed by atoms with E-state index >= 15 is 0 Å². The van der Waals surface area contributed by atoms with Gasteiger partial charge < -0.3 is 15.5 Å². The molecule has 3 N–H and O–H groups in total. The van der Waals surface area contributed by atoms with Gasteiger partial charge in [0.1, 0.15) is 0 Å². The lowest BCUT2D eigenvalue weighted by Crippen LogP contribution is -2.45. The molecule has 134 valence electrons. The Morgan fingerprint density at radius 2 is 2.33 bits per heavy atom. The van der Waals surface area contributed by atoms with Crippen molar-refractivity contribution in [1.82, 2.24) is 25.7 Å². The van der Waals surface area contributed by atoms with Crippen LogP contribution in [0.2, 0.25) is 0 Å². The van der Waals surface area contributed by atoms with Crippen molar-refractivity contribution in [2.24, 2.45) is 4.99 Å². The second kappa shape index (κ2) is 9.30. The molecule has 1 aromatic heterocycles. The van der Waals surface area contributed by atoms with Crippen LogP contribution in [-0.4, -0.2) is 59.2 Å². The number of nitrogens with one attached hydrogen (secondary N) is 3. The first-order valence-corrected chi connectivity index (χ1v) is 8.95. The number of nitrogens with zero attached hydrogens (tertiary/aromatic N) is 3. The topological polar surface area (TPSA) is 85.4 Å². The van der Waals surface area contributed by atoms with Crippen molar-refractivity contribution in [2.45, 2.75) is 52.5 Å². The van der Waals surface area contributed by atoms with Crippen molar-refractivity contribution >= 4 is 11.9 Å². The van der Waals surface area contributed by atoms with Crippen LogP contribution in [0.4, 0.5) is 0 Å². The zero-order chi connectivity index (χ0) is 17.4. The summed E-state index contributed by atoms with van der Waals surface area (Å²) in [6, 6.07) is 0.286. The fourth-order valence-electron chi connectivity index (χ4n) is 2.93. The predicted molar refractivity (Wildman–Crippen MR) is 96.0 cm³/mol. The van der Waals surface area contributed by atoms with Gasteiger partial charge in [-0.1, -0.05) is 6.92 Å². The van der Waals surface area contributed by atoms with Gasteiger partial charge in [-0.3, -0.25) is 14.9 Å². The summed E-state index contributed by atoms with van der Waals surface area (Å²) in [5.74, 6) is 1.08. The first-order valence-electron chi connectivity index (χ1n) is 8.95. The number of likely N-dealkylation sites (tertiary alicyclic amines) is 1. The number of carbonyl (C=O) groups is 1. The van der Waals surface area contributed by atoms with Crippen LogP contribution in [0.1, 0.15) is 44.4 Å². The van der Waals surface area contributed by atoms with Crippen LogP contribution in [-0.2, 0) is 11.2 Å². The molecular weight excluding hydrogens is 304 g/mol. The molecule has 1 amide bonds. The number of rotatable bonds is 7. The number of hydrogen-bond donors (Lipinski definition) is 3. The summed E-state index contributed by atoms with van der Waals surface area (Å²) < 4.78 is 0. The third-order valence-electron chi connectivity index (χ3n) is 4.34. The Morgan fingerprint density at radius 3 is 3.00 bits per heavy atom. The monoisotopic (exact) mass is 334 g/mol. The molecule has 1 aliphatic rings. The van der Waals surface area contributed by atoms with Crippen molar-refractivity contribution in [3.05, 3.63) is 17.5 Å². The molecule has 2 rings (SSSR count). The second-order valence-electron chi connectivity index (χ2n) is 6.21. The largest absolute Gasteiger partial charge is 0.357 e. The highest BCUT2D eigenvalue weighted by Crippen LogP contribution is 2.10.